The highest BCUT2D eigenvalue weighted by Crippen LogP contribution is 2.31. The Morgan fingerprint density at radius 1 is 0.658 bits per heavy atom. The highest BCUT2D eigenvalue weighted by molar-refractivity contribution is 6.53. The Morgan fingerprint density at radius 3 is 1.89 bits per heavy atom. The van der Waals surface area contributed by atoms with Gasteiger partial charge in [0.15, 0.2) is 0 Å². The number of nitrogens with zero attached hydrogens (tertiary/aromatic N) is 1. The fourth-order valence-corrected chi connectivity index (χ4v) is 4.05. The number of imide groups is 1. The number of rotatable bonds is 7. The number of para-hydroxylation sites is 2. The van der Waals surface area contributed by atoms with E-state index in [0.717, 1.165) is 17.4 Å². The molecule has 4 aromatic carbocycles. The average molecular weight is 527 g/mol. The van der Waals surface area contributed by atoms with Crippen LogP contribution in [-0.2, 0) is 9.59 Å². The number of carbonyl (C=O) groups is 3. The summed E-state index contributed by atoms with van der Waals surface area (Å²) in [5, 5.41) is 8.56. The van der Waals surface area contributed by atoms with Crippen molar-refractivity contribution in [1.82, 2.24) is 0 Å². The number of halogens is 2. The molecule has 1 heterocycles. The average Bonchev–Trinajstić information content (AvgIpc) is 3.14. The Kier molecular flexibility index (Phi) is 6.88. The number of benzene rings is 4. The van der Waals surface area contributed by atoms with Crippen molar-refractivity contribution < 1.29 is 18.8 Å². The summed E-state index contributed by atoms with van der Waals surface area (Å²) >= 11 is 6.11. The first-order valence-corrected chi connectivity index (χ1v) is 11.9. The van der Waals surface area contributed by atoms with Gasteiger partial charge in [0.2, 0.25) is 0 Å². The van der Waals surface area contributed by atoms with Crippen molar-refractivity contribution in [1.29, 1.82) is 0 Å². The van der Waals surface area contributed by atoms with Gasteiger partial charge in [0.05, 0.1) is 5.69 Å². The maximum absolute atomic E-state index is 14.2. The van der Waals surface area contributed by atoms with Crippen molar-refractivity contribution in [3.63, 3.8) is 0 Å². The van der Waals surface area contributed by atoms with Crippen LogP contribution in [0.3, 0.4) is 0 Å². The second-order valence-corrected chi connectivity index (χ2v) is 8.69. The zero-order valence-electron chi connectivity index (χ0n) is 19.7. The van der Waals surface area contributed by atoms with Crippen molar-refractivity contribution in [2.75, 3.05) is 20.9 Å². The summed E-state index contributed by atoms with van der Waals surface area (Å²) in [6.07, 6.45) is 0. The molecule has 1 aliphatic heterocycles. The lowest BCUT2D eigenvalue weighted by atomic mass is 10.1. The zero-order chi connectivity index (χ0) is 26.6. The summed E-state index contributed by atoms with van der Waals surface area (Å²) in [7, 11) is 0. The van der Waals surface area contributed by atoms with Crippen LogP contribution in [0.2, 0.25) is 0 Å². The van der Waals surface area contributed by atoms with Gasteiger partial charge in [-0.3, -0.25) is 14.4 Å². The van der Waals surface area contributed by atoms with Crippen LogP contribution in [0.25, 0.3) is 0 Å². The van der Waals surface area contributed by atoms with Gasteiger partial charge in [-0.15, -0.1) is 0 Å². The normalized spacial score (nSPS) is 13.1. The van der Waals surface area contributed by atoms with Crippen LogP contribution in [0, 0.1) is 5.82 Å². The second kappa shape index (κ2) is 10.6. The van der Waals surface area contributed by atoms with E-state index < -0.39 is 17.6 Å². The van der Waals surface area contributed by atoms with Crippen LogP contribution < -0.4 is 20.9 Å². The molecule has 3 N–H and O–H groups in total. The highest BCUT2D eigenvalue weighted by atomic mass is 35.5. The number of carbonyl (C=O) groups excluding carboxylic acids is 3. The smallest absolute Gasteiger partial charge is 0.283 e. The molecule has 38 heavy (non-hydrogen) atoms. The third-order valence-corrected chi connectivity index (χ3v) is 6.09. The molecular formula is C29H20ClFN4O3. The first-order chi connectivity index (χ1) is 18.4. The standard InChI is InChI=1S/C29H20ClFN4O3/c30-25-26(29(38)35(28(25)37)24-9-5-4-8-23(24)31)33-21-12-10-18(11-13-21)27(36)34-22-16-14-20(15-17-22)32-19-6-2-1-3-7-19/h1-17,32-33H,(H,34,36). The highest BCUT2D eigenvalue weighted by Gasteiger charge is 2.40. The van der Waals surface area contributed by atoms with Crippen LogP contribution in [-0.4, -0.2) is 17.7 Å². The fourth-order valence-electron chi connectivity index (χ4n) is 3.84. The van der Waals surface area contributed by atoms with Gasteiger partial charge < -0.3 is 16.0 Å². The van der Waals surface area contributed by atoms with E-state index in [1.165, 1.54) is 18.2 Å². The van der Waals surface area contributed by atoms with E-state index in [1.54, 1.807) is 36.4 Å². The first kappa shape index (κ1) is 24.7. The van der Waals surface area contributed by atoms with Crippen LogP contribution in [0.15, 0.2) is 114 Å². The van der Waals surface area contributed by atoms with Gasteiger partial charge in [0, 0.05) is 28.3 Å². The van der Waals surface area contributed by atoms with Gasteiger partial charge in [-0.05, 0) is 72.8 Å². The lowest BCUT2D eigenvalue weighted by molar-refractivity contribution is -0.120. The van der Waals surface area contributed by atoms with Crippen LogP contribution in [0.1, 0.15) is 10.4 Å². The zero-order valence-corrected chi connectivity index (χ0v) is 20.5. The monoisotopic (exact) mass is 526 g/mol. The molecule has 4 aromatic rings. The number of hydrogen-bond acceptors (Lipinski definition) is 5. The molecule has 0 saturated heterocycles. The molecule has 0 unspecified atom stereocenters. The van der Waals surface area contributed by atoms with Gasteiger partial charge in [0.1, 0.15) is 16.5 Å². The van der Waals surface area contributed by atoms with Gasteiger partial charge in [-0.2, -0.15) is 0 Å². The molecule has 0 radical (unpaired) electrons. The van der Waals surface area contributed by atoms with Crippen LogP contribution in [0.4, 0.5) is 32.8 Å². The van der Waals surface area contributed by atoms with Crippen molar-refractivity contribution in [3.8, 4) is 0 Å². The maximum atomic E-state index is 14.2. The molecular weight excluding hydrogens is 507 g/mol. The van der Waals surface area contributed by atoms with E-state index in [4.69, 9.17) is 11.6 Å². The minimum Gasteiger partial charge on any atom is -0.356 e. The van der Waals surface area contributed by atoms with Crippen molar-refractivity contribution >= 4 is 57.8 Å². The van der Waals surface area contributed by atoms with E-state index in [2.05, 4.69) is 16.0 Å². The minimum atomic E-state index is -0.828. The van der Waals surface area contributed by atoms with Crippen molar-refractivity contribution in [2.24, 2.45) is 0 Å². The lowest BCUT2D eigenvalue weighted by Gasteiger charge is -2.15. The number of anilines is 5. The molecule has 7 nitrogen and oxygen atoms in total. The van der Waals surface area contributed by atoms with E-state index >= 15 is 0 Å². The summed E-state index contributed by atoms with van der Waals surface area (Å²) in [5.74, 6) is -2.66. The summed E-state index contributed by atoms with van der Waals surface area (Å²) in [6, 6.07) is 28.7. The molecule has 0 saturated carbocycles. The predicted octanol–water partition coefficient (Wildman–Crippen LogP) is 6.26. The molecule has 3 amide bonds. The van der Waals surface area contributed by atoms with E-state index in [9.17, 15) is 18.8 Å². The predicted molar refractivity (Wildman–Crippen MR) is 146 cm³/mol. The molecule has 9 heteroatoms. The van der Waals surface area contributed by atoms with E-state index in [-0.39, 0.29) is 22.3 Å². The molecule has 0 bridgehead atoms. The maximum Gasteiger partial charge on any atom is 0.283 e. The molecule has 5 rings (SSSR count). The quantitative estimate of drug-likeness (QED) is 0.247. The summed E-state index contributed by atoms with van der Waals surface area (Å²) in [4.78, 5) is 38.8. The van der Waals surface area contributed by atoms with Crippen molar-refractivity contribution in [2.45, 2.75) is 0 Å². The number of nitrogens with one attached hydrogen (secondary N) is 3. The minimum absolute atomic E-state index is 0.179. The third-order valence-electron chi connectivity index (χ3n) is 5.74. The van der Waals surface area contributed by atoms with Gasteiger partial charge in [-0.25, -0.2) is 9.29 Å². The molecule has 0 aliphatic carbocycles. The molecule has 188 valence electrons. The Balaban J connectivity index is 1.23. The molecule has 0 spiro atoms. The van der Waals surface area contributed by atoms with Gasteiger partial charge >= 0.3 is 0 Å². The topological polar surface area (TPSA) is 90.5 Å². The van der Waals surface area contributed by atoms with Crippen LogP contribution in [0.5, 0.6) is 0 Å². The van der Waals surface area contributed by atoms with Gasteiger partial charge in [0.25, 0.3) is 17.7 Å². The van der Waals surface area contributed by atoms with Crippen molar-refractivity contribution in [3.05, 3.63) is 125 Å². The summed E-state index contributed by atoms with van der Waals surface area (Å²) in [6.45, 7) is 0. The SMILES string of the molecule is O=C(Nc1ccc(Nc2ccccc2)cc1)c1ccc(NC2=C(Cl)C(=O)N(c3ccccc3F)C2=O)cc1. The Labute approximate surface area is 222 Å². The summed E-state index contributed by atoms with van der Waals surface area (Å²) in [5.41, 5.74) is 2.89. The third kappa shape index (κ3) is 5.11. The molecule has 0 aromatic heterocycles. The molecule has 1 aliphatic rings. The molecule has 0 fully saturated rings. The largest absolute Gasteiger partial charge is 0.356 e. The second-order valence-electron chi connectivity index (χ2n) is 8.31. The Morgan fingerprint density at radius 2 is 1.21 bits per heavy atom. The van der Waals surface area contributed by atoms with E-state index in [0.29, 0.717) is 21.8 Å². The molecule has 0 atom stereocenters. The number of hydrogen-bond donors (Lipinski definition) is 3. The lowest BCUT2D eigenvalue weighted by Crippen LogP contribution is -2.33. The Bertz CT molecular complexity index is 1560. The summed E-state index contributed by atoms with van der Waals surface area (Å²) < 4.78 is 14.2. The van der Waals surface area contributed by atoms with Crippen LogP contribution >= 0.6 is 11.6 Å². The van der Waals surface area contributed by atoms with Gasteiger partial charge in [-0.1, -0.05) is 41.9 Å². The number of amides is 3. The first-order valence-electron chi connectivity index (χ1n) is 11.5. The van der Waals surface area contributed by atoms with E-state index in [1.807, 2.05) is 42.5 Å². The fraction of sp³-hybridized carbons (Fsp3) is 0. The Hall–Kier alpha value is -4.95.